The highest BCUT2D eigenvalue weighted by Crippen LogP contribution is 2.32. The smallest absolute Gasteiger partial charge is 0.239 e. The van der Waals surface area contributed by atoms with Crippen molar-refractivity contribution in [1.29, 1.82) is 0 Å². The van der Waals surface area contributed by atoms with Gasteiger partial charge in [-0.2, -0.15) is 0 Å². The normalized spacial score (nSPS) is 31.4. The zero-order chi connectivity index (χ0) is 17.6. The molecule has 0 aliphatic carbocycles. The van der Waals surface area contributed by atoms with Gasteiger partial charge in [0.05, 0.1) is 0 Å². The Bertz CT molecular complexity index is 666. The molecular weight excluding hydrogens is 321 g/mol. The number of carbonyl (C=O) groups is 2. The highest BCUT2D eigenvalue weighted by atomic mass is 19.1. The van der Waals surface area contributed by atoms with Crippen LogP contribution < -0.4 is 10.2 Å². The summed E-state index contributed by atoms with van der Waals surface area (Å²) in [6.45, 7) is 0.506. The summed E-state index contributed by atoms with van der Waals surface area (Å²) in [5.41, 5.74) is 0.657. The zero-order valence-corrected chi connectivity index (χ0v) is 14.5. The fraction of sp³-hybridized carbons (Fsp3) is 0.579. The van der Waals surface area contributed by atoms with Crippen molar-refractivity contribution >= 4 is 17.5 Å². The Morgan fingerprint density at radius 1 is 1.16 bits per heavy atom. The van der Waals surface area contributed by atoms with Crippen molar-refractivity contribution in [1.82, 2.24) is 10.2 Å². The number of nitrogens with zero attached hydrogens (tertiary/aromatic N) is 2. The summed E-state index contributed by atoms with van der Waals surface area (Å²) in [6.07, 6.45) is 4.84. The number of hydrogen-bond acceptors (Lipinski definition) is 3. The number of fused-ring (bicyclic) bond motifs is 2. The van der Waals surface area contributed by atoms with Gasteiger partial charge in [0.1, 0.15) is 11.7 Å². The Labute approximate surface area is 147 Å². The third-order valence-electron chi connectivity index (χ3n) is 5.99. The first-order chi connectivity index (χ1) is 12.0. The van der Waals surface area contributed by atoms with E-state index in [-0.39, 0.29) is 23.7 Å². The van der Waals surface area contributed by atoms with E-state index in [1.807, 2.05) is 11.9 Å². The Morgan fingerprint density at radius 3 is 2.44 bits per heavy atom. The quantitative estimate of drug-likeness (QED) is 0.852. The molecule has 3 heterocycles. The summed E-state index contributed by atoms with van der Waals surface area (Å²) < 4.78 is 13.1. The van der Waals surface area contributed by atoms with E-state index in [1.54, 1.807) is 17.0 Å². The zero-order valence-electron chi connectivity index (χ0n) is 14.5. The molecule has 134 valence electrons. The molecule has 4 rings (SSSR count). The highest BCUT2D eigenvalue weighted by molar-refractivity contribution is 6.09. The van der Waals surface area contributed by atoms with Crippen molar-refractivity contribution in [3.05, 3.63) is 30.1 Å². The minimum Gasteiger partial charge on any atom is -0.342 e. The number of halogens is 1. The van der Waals surface area contributed by atoms with Gasteiger partial charge in [-0.1, -0.05) is 0 Å². The standard InChI is InChI=1S/C19H24FN3O2/c1-22(16-10-13-4-5-14(11-16)21-13)18(24)17-8-9-23(19(17)25)15-6-2-12(20)3-7-15/h2-3,6-7,13-14,16-17,21H,4-5,8-11H2,1H3. The lowest BCUT2D eigenvalue weighted by atomic mass is 9.96. The molecule has 3 fully saturated rings. The SMILES string of the molecule is CN(C(=O)C1CCN(c2ccc(F)cc2)C1=O)C1CC2CCC(C1)N2. The fourth-order valence-electron chi connectivity index (χ4n) is 4.56. The van der Waals surface area contributed by atoms with Crippen LogP contribution in [-0.4, -0.2) is 48.4 Å². The Hall–Kier alpha value is -1.95. The second-order valence-electron chi connectivity index (χ2n) is 7.52. The van der Waals surface area contributed by atoms with Gasteiger partial charge in [-0.05, 0) is 56.4 Å². The number of hydrogen-bond donors (Lipinski definition) is 1. The average molecular weight is 345 g/mol. The van der Waals surface area contributed by atoms with Crippen LogP contribution >= 0.6 is 0 Å². The van der Waals surface area contributed by atoms with Crippen LogP contribution in [0.15, 0.2) is 24.3 Å². The predicted molar refractivity (Wildman–Crippen MR) is 92.6 cm³/mol. The molecule has 0 saturated carbocycles. The van der Waals surface area contributed by atoms with E-state index >= 15 is 0 Å². The molecule has 3 aliphatic heterocycles. The second kappa shape index (κ2) is 6.41. The van der Waals surface area contributed by atoms with Gasteiger partial charge in [0, 0.05) is 37.4 Å². The number of nitrogens with one attached hydrogen (secondary N) is 1. The van der Waals surface area contributed by atoms with Crippen molar-refractivity contribution in [2.75, 3.05) is 18.5 Å². The van der Waals surface area contributed by atoms with Crippen LogP contribution in [0.4, 0.5) is 10.1 Å². The first kappa shape index (κ1) is 16.5. The molecule has 3 atom stereocenters. The second-order valence-corrected chi connectivity index (χ2v) is 7.52. The van der Waals surface area contributed by atoms with Crippen LogP contribution in [0.2, 0.25) is 0 Å². The van der Waals surface area contributed by atoms with E-state index in [4.69, 9.17) is 0 Å². The molecule has 1 N–H and O–H groups in total. The summed E-state index contributed by atoms with van der Waals surface area (Å²) in [4.78, 5) is 29.1. The van der Waals surface area contributed by atoms with Crippen molar-refractivity contribution in [3.8, 4) is 0 Å². The monoisotopic (exact) mass is 345 g/mol. The molecule has 2 bridgehead atoms. The van der Waals surface area contributed by atoms with E-state index < -0.39 is 5.92 Å². The van der Waals surface area contributed by atoms with Gasteiger partial charge < -0.3 is 15.1 Å². The van der Waals surface area contributed by atoms with Gasteiger partial charge in [-0.25, -0.2) is 4.39 Å². The molecule has 25 heavy (non-hydrogen) atoms. The molecule has 1 aromatic rings. The molecule has 3 unspecified atom stereocenters. The average Bonchev–Trinajstić information content (AvgIpc) is 3.16. The molecule has 3 aliphatic rings. The minimum absolute atomic E-state index is 0.0686. The summed E-state index contributed by atoms with van der Waals surface area (Å²) in [6, 6.07) is 7.10. The molecule has 5 nitrogen and oxygen atoms in total. The lowest BCUT2D eigenvalue weighted by Crippen LogP contribution is -2.50. The van der Waals surface area contributed by atoms with E-state index in [0.29, 0.717) is 30.7 Å². The molecule has 2 amide bonds. The Balaban J connectivity index is 1.44. The van der Waals surface area contributed by atoms with Crippen molar-refractivity contribution < 1.29 is 14.0 Å². The number of benzene rings is 1. The largest absolute Gasteiger partial charge is 0.342 e. The number of amides is 2. The fourth-order valence-corrected chi connectivity index (χ4v) is 4.56. The van der Waals surface area contributed by atoms with Crippen molar-refractivity contribution in [3.63, 3.8) is 0 Å². The molecule has 1 aromatic carbocycles. The van der Waals surface area contributed by atoms with Crippen LogP contribution in [0.3, 0.4) is 0 Å². The van der Waals surface area contributed by atoms with Gasteiger partial charge in [-0.15, -0.1) is 0 Å². The third kappa shape index (κ3) is 3.03. The molecular formula is C19H24FN3O2. The van der Waals surface area contributed by atoms with Gasteiger partial charge >= 0.3 is 0 Å². The van der Waals surface area contributed by atoms with E-state index in [1.165, 1.54) is 25.0 Å². The topological polar surface area (TPSA) is 52.7 Å². The number of rotatable bonds is 3. The number of piperidine rings is 1. The third-order valence-corrected chi connectivity index (χ3v) is 5.99. The lowest BCUT2D eigenvalue weighted by molar-refractivity contribution is -0.141. The van der Waals surface area contributed by atoms with Gasteiger partial charge in [-0.3, -0.25) is 9.59 Å². The van der Waals surface area contributed by atoms with Crippen LogP contribution in [0.25, 0.3) is 0 Å². The maximum atomic E-state index is 13.1. The molecule has 0 spiro atoms. The molecule has 0 aromatic heterocycles. The Kier molecular flexibility index (Phi) is 4.23. The minimum atomic E-state index is -0.609. The van der Waals surface area contributed by atoms with Crippen LogP contribution in [0, 0.1) is 11.7 Å². The maximum absolute atomic E-state index is 13.1. The van der Waals surface area contributed by atoms with E-state index in [9.17, 15) is 14.0 Å². The van der Waals surface area contributed by atoms with E-state index in [0.717, 1.165) is 12.8 Å². The first-order valence-electron chi connectivity index (χ1n) is 9.12. The summed E-state index contributed by atoms with van der Waals surface area (Å²) in [5, 5.41) is 3.58. The predicted octanol–water partition coefficient (Wildman–Crippen LogP) is 1.92. The number of anilines is 1. The van der Waals surface area contributed by atoms with Gasteiger partial charge in [0.2, 0.25) is 11.8 Å². The lowest BCUT2D eigenvalue weighted by Gasteiger charge is -2.36. The van der Waals surface area contributed by atoms with Crippen LogP contribution in [0.1, 0.15) is 32.1 Å². The number of carbonyl (C=O) groups excluding carboxylic acids is 2. The molecule has 6 heteroatoms. The van der Waals surface area contributed by atoms with Crippen molar-refractivity contribution in [2.45, 2.75) is 50.2 Å². The van der Waals surface area contributed by atoms with Crippen LogP contribution in [-0.2, 0) is 9.59 Å². The summed E-state index contributed by atoms with van der Waals surface area (Å²) in [7, 11) is 1.84. The first-order valence-corrected chi connectivity index (χ1v) is 9.12. The van der Waals surface area contributed by atoms with Crippen molar-refractivity contribution in [2.24, 2.45) is 5.92 Å². The molecule has 0 radical (unpaired) electrons. The maximum Gasteiger partial charge on any atom is 0.239 e. The van der Waals surface area contributed by atoms with Gasteiger partial charge in [0.25, 0.3) is 0 Å². The molecule has 3 saturated heterocycles. The highest BCUT2D eigenvalue weighted by Gasteiger charge is 2.42. The summed E-state index contributed by atoms with van der Waals surface area (Å²) >= 11 is 0. The van der Waals surface area contributed by atoms with Gasteiger partial charge in [0.15, 0.2) is 0 Å². The van der Waals surface area contributed by atoms with E-state index in [2.05, 4.69) is 5.32 Å². The Morgan fingerprint density at radius 2 is 1.80 bits per heavy atom. The summed E-state index contributed by atoms with van der Waals surface area (Å²) in [5.74, 6) is -1.17. The van der Waals surface area contributed by atoms with Crippen LogP contribution in [0.5, 0.6) is 0 Å².